The second-order valence-electron chi connectivity index (χ2n) is 3.80. The van der Waals surface area contributed by atoms with Gasteiger partial charge in [-0.1, -0.05) is 24.3 Å². The van der Waals surface area contributed by atoms with Crippen molar-refractivity contribution in [1.29, 1.82) is 0 Å². The van der Waals surface area contributed by atoms with Crippen LogP contribution < -0.4 is 0 Å². The molecule has 1 heterocycles. The topological polar surface area (TPSA) is 40.3 Å². The molecule has 0 bridgehead atoms. The van der Waals surface area contributed by atoms with Crippen molar-refractivity contribution in [2.45, 2.75) is 0 Å². The molecule has 1 N–H and O–H groups in total. The Labute approximate surface area is 92.7 Å². The van der Waals surface area contributed by atoms with E-state index in [1.807, 2.05) is 18.2 Å². The third-order valence-electron chi connectivity index (χ3n) is 2.86. The van der Waals surface area contributed by atoms with Crippen LogP contribution in [0, 0.1) is 0 Å². The number of carbonyl (C=O) groups is 1. The summed E-state index contributed by atoms with van der Waals surface area (Å²) in [5.41, 5.74) is 1.59. The van der Waals surface area contributed by atoms with Crippen LogP contribution in [0.4, 0.5) is 0 Å². The Morgan fingerprint density at radius 1 is 1.19 bits per heavy atom. The van der Waals surface area contributed by atoms with Crippen molar-refractivity contribution in [1.82, 2.24) is 0 Å². The first-order chi connectivity index (χ1) is 7.79. The lowest BCUT2D eigenvalue weighted by molar-refractivity contribution is -0.448. The van der Waals surface area contributed by atoms with Crippen molar-refractivity contribution in [2.24, 2.45) is 0 Å². The molecule has 1 aliphatic carbocycles. The largest absolute Gasteiger partial charge is 0.502 e. The zero-order valence-corrected chi connectivity index (χ0v) is 8.55. The molecule has 0 unspecified atom stereocenters. The molecule has 1 aromatic rings. The Morgan fingerprint density at radius 2 is 1.94 bits per heavy atom. The summed E-state index contributed by atoms with van der Waals surface area (Å²) in [4.78, 5) is 12.1. The van der Waals surface area contributed by atoms with Crippen molar-refractivity contribution < 1.29 is 14.5 Å². The summed E-state index contributed by atoms with van der Waals surface area (Å²) >= 11 is 0. The summed E-state index contributed by atoms with van der Waals surface area (Å²) in [7, 11) is 0. The highest BCUT2D eigenvalue weighted by atomic mass is 16.3. The zero-order valence-electron chi connectivity index (χ0n) is 8.55. The molecule has 2 aliphatic rings. The van der Waals surface area contributed by atoms with E-state index in [1.54, 1.807) is 29.0 Å². The molecule has 0 radical (unpaired) electrons. The number of nitrogens with zero attached hydrogens (tertiary/aromatic N) is 1. The van der Waals surface area contributed by atoms with E-state index < -0.39 is 0 Å². The lowest BCUT2D eigenvalue weighted by atomic mass is 10.1. The Bertz CT molecular complexity index is 579. The molecule has 0 saturated carbocycles. The predicted octanol–water partition coefficient (Wildman–Crippen LogP) is 1.76. The molecule has 1 aliphatic heterocycles. The van der Waals surface area contributed by atoms with E-state index in [9.17, 15) is 9.90 Å². The number of aliphatic hydroxyl groups is 1. The lowest BCUT2D eigenvalue weighted by Crippen LogP contribution is -2.15. The van der Waals surface area contributed by atoms with Gasteiger partial charge in [-0.05, 0) is 6.08 Å². The molecule has 3 nitrogen and oxygen atoms in total. The second-order valence-corrected chi connectivity index (χ2v) is 3.80. The zero-order chi connectivity index (χ0) is 11.1. The van der Waals surface area contributed by atoms with Gasteiger partial charge < -0.3 is 5.11 Å². The first kappa shape index (κ1) is 9.09. The maximum atomic E-state index is 12.1. The molecule has 0 spiro atoms. The SMILES string of the molecule is O=C1C([N+]2=CC=CC2)=C(O)c2ccccc21. The van der Waals surface area contributed by atoms with Crippen LogP contribution in [-0.4, -0.2) is 28.2 Å². The average molecular weight is 212 g/mol. The molecule has 1 aromatic carbocycles. The number of Topliss-reactive ketones (excluding diaryl/α,β-unsaturated/α-hetero) is 1. The quantitative estimate of drug-likeness (QED) is 0.720. The third kappa shape index (κ3) is 1.08. The molecule has 3 heteroatoms. The summed E-state index contributed by atoms with van der Waals surface area (Å²) < 4.78 is 1.76. The van der Waals surface area contributed by atoms with E-state index in [2.05, 4.69) is 0 Å². The van der Waals surface area contributed by atoms with Crippen molar-refractivity contribution >= 4 is 17.8 Å². The number of hydrogen-bond donors (Lipinski definition) is 1. The standard InChI is InChI=1S/C13H9NO2/c15-12-9-5-1-2-6-10(9)13(16)11(12)14-7-3-4-8-14/h1-7H,8H2/p+1. The Hall–Kier alpha value is -2.16. The number of aliphatic hydroxyl groups excluding tert-OH is 1. The highest BCUT2D eigenvalue weighted by Gasteiger charge is 2.37. The number of ketones is 1. The summed E-state index contributed by atoms with van der Waals surface area (Å²) in [6.07, 6.45) is 5.61. The van der Waals surface area contributed by atoms with E-state index in [-0.39, 0.29) is 11.5 Å². The van der Waals surface area contributed by atoms with Crippen molar-refractivity contribution in [2.75, 3.05) is 6.54 Å². The van der Waals surface area contributed by atoms with Gasteiger partial charge >= 0.3 is 0 Å². The van der Waals surface area contributed by atoms with Crippen LogP contribution in [0.2, 0.25) is 0 Å². The van der Waals surface area contributed by atoms with Crippen LogP contribution >= 0.6 is 0 Å². The molecule has 0 fully saturated rings. The Kier molecular flexibility index (Phi) is 1.80. The number of fused-ring (bicyclic) bond motifs is 1. The van der Waals surface area contributed by atoms with Crippen LogP contribution in [-0.2, 0) is 0 Å². The van der Waals surface area contributed by atoms with Crippen LogP contribution in [0.3, 0.4) is 0 Å². The first-order valence-electron chi connectivity index (χ1n) is 5.13. The number of hydrogen-bond acceptors (Lipinski definition) is 2. The van der Waals surface area contributed by atoms with Crippen LogP contribution in [0.5, 0.6) is 0 Å². The molecule has 0 saturated heterocycles. The first-order valence-corrected chi connectivity index (χ1v) is 5.13. The van der Waals surface area contributed by atoms with E-state index in [4.69, 9.17) is 0 Å². The lowest BCUT2D eigenvalue weighted by Gasteiger charge is -1.95. The van der Waals surface area contributed by atoms with Crippen molar-refractivity contribution in [3.8, 4) is 0 Å². The monoisotopic (exact) mass is 212 g/mol. The molecule has 0 aromatic heterocycles. The van der Waals surface area contributed by atoms with Gasteiger partial charge in [-0.3, -0.25) is 4.79 Å². The summed E-state index contributed by atoms with van der Waals surface area (Å²) in [6, 6.07) is 7.12. The number of carbonyl (C=O) groups excluding carboxylic acids is 1. The van der Waals surface area contributed by atoms with Gasteiger partial charge in [0.05, 0.1) is 0 Å². The molecule has 78 valence electrons. The summed E-state index contributed by atoms with van der Waals surface area (Å²) in [5.74, 6) is -0.0198. The minimum absolute atomic E-state index is 0.0838. The normalized spacial score (nSPS) is 18.0. The van der Waals surface area contributed by atoms with Crippen LogP contribution in [0.25, 0.3) is 5.76 Å². The highest BCUT2D eigenvalue weighted by molar-refractivity contribution is 6.18. The fraction of sp³-hybridized carbons (Fsp3) is 0.0769. The van der Waals surface area contributed by atoms with Crippen molar-refractivity contribution in [3.63, 3.8) is 0 Å². The third-order valence-corrected chi connectivity index (χ3v) is 2.86. The van der Waals surface area contributed by atoms with E-state index >= 15 is 0 Å². The molecule has 0 atom stereocenters. The van der Waals surface area contributed by atoms with E-state index in [1.165, 1.54) is 0 Å². The highest BCUT2D eigenvalue weighted by Crippen LogP contribution is 2.31. The van der Waals surface area contributed by atoms with Gasteiger partial charge in [-0.25, -0.2) is 0 Å². The van der Waals surface area contributed by atoms with Gasteiger partial charge in [0.1, 0.15) is 0 Å². The molecule has 3 rings (SSSR count). The fourth-order valence-electron chi connectivity index (χ4n) is 2.08. The van der Waals surface area contributed by atoms with Gasteiger partial charge in [0.25, 0.3) is 11.5 Å². The van der Waals surface area contributed by atoms with Gasteiger partial charge in [-0.15, -0.1) is 0 Å². The Morgan fingerprint density at radius 3 is 2.56 bits per heavy atom. The second kappa shape index (κ2) is 3.17. The summed E-state index contributed by atoms with van der Waals surface area (Å²) in [5, 5.41) is 10.0. The van der Waals surface area contributed by atoms with Gasteiger partial charge in [0.15, 0.2) is 12.8 Å². The summed E-state index contributed by atoms with van der Waals surface area (Å²) in [6.45, 7) is 0.638. The maximum absolute atomic E-state index is 12.1. The van der Waals surface area contributed by atoms with E-state index in [0.29, 0.717) is 23.4 Å². The number of benzene rings is 1. The van der Waals surface area contributed by atoms with Gasteiger partial charge in [-0.2, -0.15) is 4.58 Å². The minimum Gasteiger partial charge on any atom is -0.502 e. The molecule has 0 amide bonds. The van der Waals surface area contributed by atoms with Crippen LogP contribution in [0.1, 0.15) is 15.9 Å². The van der Waals surface area contributed by atoms with E-state index in [0.717, 1.165) is 0 Å². The molecular formula is C13H10NO2+. The average Bonchev–Trinajstić information content (AvgIpc) is 2.89. The van der Waals surface area contributed by atoms with Gasteiger partial charge in [0, 0.05) is 17.2 Å². The number of allylic oxidation sites excluding steroid dienone is 2. The number of rotatable bonds is 1. The minimum atomic E-state index is -0.104. The molecule has 16 heavy (non-hydrogen) atoms. The predicted molar refractivity (Wildman–Crippen MR) is 60.7 cm³/mol. The van der Waals surface area contributed by atoms with Crippen molar-refractivity contribution in [3.05, 3.63) is 53.2 Å². The molecular weight excluding hydrogens is 202 g/mol. The smallest absolute Gasteiger partial charge is 0.296 e. The Balaban J connectivity index is 2.16. The van der Waals surface area contributed by atoms with Crippen LogP contribution in [0.15, 0.2) is 42.1 Å². The van der Waals surface area contributed by atoms with Gasteiger partial charge in [0.2, 0.25) is 5.76 Å². The fourth-order valence-corrected chi connectivity index (χ4v) is 2.08. The maximum Gasteiger partial charge on any atom is 0.296 e.